The lowest BCUT2D eigenvalue weighted by Crippen LogP contribution is -2.43. The van der Waals surface area contributed by atoms with Crippen molar-refractivity contribution in [2.45, 2.75) is 19.5 Å². The molecule has 104 valence electrons. The summed E-state index contributed by atoms with van der Waals surface area (Å²) < 4.78 is 18.0. The van der Waals surface area contributed by atoms with E-state index in [1.807, 2.05) is 0 Å². The van der Waals surface area contributed by atoms with Crippen LogP contribution in [0.4, 0.5) is 4.39 Å². The van der Waals surface area contributed by atoms with Crippen molar-refractivity contribution < 1.29 is 18.7 Å². The summed E-state index contributed by atoms with van der Waals surface area (Å²) in [6.07, 6.45) is 0.615. The van der Waals surface area contributed by atoms with Gasteiger partial charge in [-0.1, -0.05) is 0 Å². The van der Waals surface area contributed by atoms with E-state index in [0.717, 1.165) is 7.11 Å². The molecule has 1 heterocycles. The van der Waals surface area contributed by atoms with Gasteiger partial charge in [0.15, 0.2) is 0 Å². The van der Waals surface area contributed by atoms with Crippen LogP contribution < -0.4 is 16.6 Å². The first kappa shape index (κ1) is 14.6. The Kier molecular flexibility index (Phi) is 4.56. The lowest BCUT2D eigenvalue weighted by atomic mass is 10.3. The number of nitrogens with one attached hydrogen (secondary N) is 2. The summed E-state index contributed by atoms with van der Waals surface area (Å²) in [4.78, 5) is 46.3. The van der Waals surface area contributed by atoms with Gasteiger partial charge in [0.2, 0.25) is 11.7 Å². The van der Waals surface area contributed by atoms with Crippen molar-refractivity contribution in [1.29, 1.82) is 0 Å². The Labute approximate surface area is 106 Å². The van der Waals surface area contributed by atoms with E-state index in [2.05, 4.69) is 10.1 Å². The number of H-pyrrole nitrogens is 1. The third kappa shape index (κ3) is 3.76. The summed E-state index contributed by atoms with van der Waals surface area (Å²) in [5.74, 6) is -2.55. The molecular weight excluding hydrogens is 261 g/mol. The molecule has 1 aromatic heterocycles. The number of hydrogen-bond donors (Lipinski definition) is 2. The molecule has 0 fully saturated rings. The fourth-order valence-corrected chi connectivity index (χ4v) is 1.28. The Hall–Kier alpha value is -2.45. The zero-order chi connectivity index (χ0) is 14.6. The molecular formula is C10H12FN3O5. The highest BCUT2D eigenvalue weighted by Gasteiger charge is 2.16. The molecule has 9 heteroatoms. The molecule has 0 radical (unpaired) electrons. The average Bonchev–Trinajstić information content (AvgIpc) is 2.34. The van der Waals surface area contributed by atoms with Crippen LogP contribution in [0.2, 0.25) is 0 Å². The van der Waals surface area contributed by atoms with Crippen LogP contribution in [0.25, 0.3) is 0 Å². The number of rotatable bonds is 4. The third-order valence-electron chi connectivity index (χ3n) is 2.21. The number of aromatic amines is 1. The van der Waals surface area contributed by atoms with Gasteiger partial charge in [0.25, 0.3) is 5.56 Å². The Morgan fingerprint density at radius 2 is 2.16 bits per heavy atom. The third-order valence-corrected chi connectivity index (χ3v) is 2.21. The summed E-state index contributed by atoms with van der Waals surface area (Å²) >= 11 is 0. The highest BCUT2D eigenvalue weighted by atomic mass is 19.1. The van der Waals surface area contributed by atoms with E-state index in [1.54, 1.807) is 4.98 Å². The van der Waals surface area contributed by atoms with Gasteiger partial charge in [-0.05, 0) is 6.92 Å². The number of aromatic nitrogens is 2. The molecule has 0 bridgehead atoms. The number of carbonyl (C=O) groups excluding carboxylic acids is 2. The molecule has 8 nitrogen and oxygen atoms in total. The SMILES string of the molecule is COC(=O)[C@H](C)NC(=O)Cn1cc(F)c(=O)[nH]c1=O. The second-order valence-corrected chi connectivity index (χ2v) is 3.68. The van der Waals surface area contributed by atoms with E-state index in [9.17, 15) is 23.6 Å². The molecule has 1 aromatic rings. The molecule has 1 rings (SSSR count). The predicted molar refractivity (Wildman–Crippen MR) is 60.9 cm³/mol. The standard InChI is InChI=1S/C10H12FN3O5/c1-5(9(17)19-2)12-7(15)4-14-3-6(11)8(16)13-10(14)18/h3,5H,4H2,1-2H3,(H,12,15)(H,13,16,18)/t5-/m0/s1. The maximum atomic E-state index is 12.9. The van der Waals surface area contributed by atoms with E-state index in [-0.39, 0.29) is 0 Å². The summed E-state index contributed by atoms with van der Waals surface area (Å²) in [5, 5.41) is 2.25. The quantitative estimate of drug-likeness (QED) is 0.639. The number of carbonyl (C=O) groups is 2. The van der Waals surface area contributed by atoms with E-state index in [1.165, 1.54) is 6.92 Å². The minimum absolute atomic E-state index is 0.534. The monoisotopic (exact) mass is 273 g/mol. The Morgan fingerprint density at radius 1 is 1.53 bits per heavy atom. The Morgan fingerprint density at radius 3 is 2.74 bits per heavy atom. The minimum Gasteiger partial charge on any atom is -0.467 e. The number of amides is 1. The van der Waals surface area contributed by atoms with Crippen molar-refractivity contribution in [3.05, 3.63) is 32.9 Å². The molecule has 0 aliphatic carbocycles. The average molecular weight is 273 g/mol. The molecule has 0 saturated carbocycles. The van der Waals surface area contributed by atoms with Gasteiger partial charge in [0, 0.05) is 0 Å². The summed E-state index contributed by atoms with van der Waals surface area (Å²) in [6.45, 7) is 0.855. The van der Waals surface area contributed by atoms with E-state index in [0.29, 0.717) is 10.8 Å². The van der Waals surface area contributed by atoms with Crippen LogP contribution in [0.1, 0.15) is 6.92 Å². The van der Waals surface area contributed by atoms with E-state index < -0.39 is 41.5 Å². The smallest absolute Gasteiger partial charge is 0.328 e. The van der Waals surface area contributed by atoms with Crippen molar-refractivity contribution in [1.82, 2.24) is 14.9 Å². The van der Waals surface area contributed by atoms with Gasteiger partial charge in [0.05, 0.1) is 13.3 Å². The Balaban J connectivity index is 2.78. The molecule has 0 aliphatic rings. The van der Waals surface area contributed by atoms with Crippen LogP contribution in [0.3, 0.4) is 0 Å². The second-order valence-electron chi connectivity index (χ2n) is 3.68. The molecule has 2 N–H and O–H groups in total. The van der Waals surface area contributed by atoms with Crippen LogP contribution in [0.15, 0.2) is 15.8 Å². The molecule has 0 spiro atoms. The van der Waals surface area contributed by atoms with Crippen LogP contribution in [0, 0.1) is 5.82 Å². The van der Waals surface area contributed by atoms with Crippen molar-refractivity contribution in [2.24, 2.45) is 0 Å². The molecule has 19 heavy (non-hydrogen) atoms. The lowest BCUT2D eigenvalue weighted by molar-refractivity contribution is -0.144. The van der Waals surface area contributed by atoms with Gasteiger partial charge in [0.1, 0.15) is 12.6 Å². The van der Waals surface area contributed by atoms with Gasteiger partial charge in [-0.15, -0.1) is 0 Å². The molecule has 0 saturated heterocycles. The highest BCUT2D eigenvalue weighted by molar-refractivity contribution is 5.83. The topological polar surface area (TPSA) is 110 Å². The van der Waals surface area contributed by atoms with E-state index in [4.69, 9.17) is 0 Å². The van der Waals surface area contributed by atoms with Gasteiger partial charge in [-0.2, -0.15) is 4.39 Å². The van der Waals surface area contributed by atoms with Gasteiger partial charge < -0.3 is 10.1 Å². The number of esters is 1. The lowest BCUT2D eigenvalue weighted by Gasteiger charge is -2.12. The fraction of sp³-hybridized carbons (Fsp3) is 0.400. The maximum Gasteiger partial charge on any atom is 0.328 e. The number of halogens is 1. The molecule has 0 unspecified atom stereocenters. The first-order valence-electron chi connectivity index (χ1n) is 5.21. The summed E-state index contributed by atoms with van der Waals surface area (Å²) in [6, 6.07) is -0.902. The number of hydrogen-bond acceptors (Lipinski definition) is 5. The fourth-order valence-electron chi connectivity index (χ4n) is 1.28. The minimum atomic E-state index is -1.19. The first-order chi connectivity index (χ1) is 8.85. The molecule has 1 atom stereocenters. The van der Waals surface area contributed by atoms with Crippen LogP contribution in [-0.2, 0) is 20.9 Å². The Bertz CT molecular complexity index is 606. The molecule has 0 aromatic carbocycles. The van der Waals surface area contributed by atoms with Crippen molar-refractivity contribution >= 4 is 11.9 Å². The second kappa shape index (κ2) is 5.94. The van der Waals surface area contributed by atoms with E-state index >= 15 is 0 Å². The molecule has 1 amide bonds. The summed E-state index contributed by atoms with van der Waals surface area (Å²) in [7, 11) is 1.16. The number of nitrogens with zero attached hydrogens (tertiary/aromatic N) is 1. The van der Waals surface area contributed by atoms with Crippen molar-refractivity contribution in [3.63, 3.8) is 0 Å². The first-order valence-corrected chi connectivity index (χ1v) is 5.21. The largest absolute Gasteiger partial charge is 0.467 e. The summed E-state index contributed by atoms with van der Waals surface area (Å²) in [5.41, 5.74) is -2.09. The van der Waals surface area contributed by atoms with Gasteiger partial charge >= 0.3 is 11.7 Å². The van der Waals surface area contributed by atoms with Crippen LogP contribution in [-0.4, -0.2) is 34.6 Å². The number of methoxy groups -OCH3 is 1. The van der Waals surface area contributed by atoms with Crippen molar-refractivity contribution in [2.75, 3.05) is 7.11 Å². The van der Waals surface area contributed by atoms with Crippen LogP contribution in [0.5, 0.6) is 0 Å². The predicted octanol–water partition coefficient (Wildman–Crippen LogP) is -1.65. The maximum absolute atomic E-state index is 12.9. The number of ether oxygens (including phenoxy) is 1. The van der Waals surface area contributed by atoms with Crippen LogP contribution >= 0.6 is 0 Å². The van der Waals surface area contributed by atoms with Crippen molar-refractivity contribution in [3.8, 4) is 0 Å². The van der Waals surface area contributed by atoms with Gasteiger partial charge in [-0.3, -0.25) is 19.1 Å². The zero-order valence-electron chi connectivity index (χ0n) is 10.2. The highest BCUT2D eigenvalue weighted by Crippen LogP contribution is 1.88. The zero-order valence-corrected chi connectivity index (χ0v) is 10.2. The molecule has 0 aliphatic heterocycles. The normalized spacial score (nSPS) is 11.7. The van der Waals surface area contributed by atoms with Gasteiger partial charge in [-0.25, -0.2) is 9.59 Å².